The first-order valence-corrected chi connectivity index (χ1v) is 10.5. The third kappa shape index (κ3) is 7.37. The van der Waals surface area contributed by atoms with Gasteiger partial charge < -0.3 is 15.2 Å². The second-order valence-corrected chi connectivity index (χ2v) is 7.37. The van der Waals surface area contributed by atoms with E-state index in [1.54, 1.807) is 42.5 Å². The molecule has 0 heterocycles. The van der Waals surface area contributed by atoms with E-state index in [1.165, 1.54) is 17.7 Å². The summed E-state index contributed by atoms with van der Waals surface area (Å²) in [5, 5.41) is 21.1. The summed E-state index contributed by atoms with van der Waals surface area (Å²) in [5.74, 6) is -0.738. The summed E-state index contributed by atoms with van der Waals surface area (Å²) in [6, 6.07) is 25.5. The first-order chi connectivity index (χ1) is 16.0. The number of carbonyl (C=O) groups excluding carboxylic acids is 1. The highest BCUT2D eigenvalue weighted by molar-refractivity contribution is 6.01. The lowest BCUT2D eigenvalue weighted by molar-refractivity contribution is -0.117. The number of carbonyl (C=O) groups is 2. The first kappa shape index (κ1) is 23.3. The number of hydrogen-bond acceptors (Lipinski definition) is 4. The largest absolute Gasteiger partial charge is 0.489 e. The number of rotatable bonds is 10. The van der Waals surface area contributed by atoms with Gasteiger partial charge in [-0.1, -0.05) is 54.6 Å². The average Bonchev–Trinajstić information content (AvgIpc) is 2.85. The fourth-order valence-corrected chi connectivity index (χ4v) is 3.12. The molecule has 0 aromatic heterocycles. The van der Waals surface area contributed by atoms with E-state index in [2.05, 4.69) is 5.32 Å². The zero-order chi connectivity index (χ0) is 23.5. The normalized spacial score (nSPS) is 10.8. The molecule has 0 fully saturated rings. The average molecular weight is 440 g/mol. The van der Waals surface area contributed by atoms with E-state index in [0.29, 0.717) is 24.5 Å². The van der Waals surface area contributed by atoms with E-state index in [0.717, 1.165) is 18.4 Å². The molecule has 0 radical (unpaired) electrons. The topological polar surface area (TPSA) is 99.4 Å². The highest BCUT2D eigenvalue weighted by Gasteiger charge is 2.08. The number of amides is 1. The maximum atomic E-state index is 12.3. The van der Waals surface area contributed by atoms with Crippen LogP contribution in [-0.2, 0) is 17.8 Å². The lowest BCUT2D eigenvalue weighted by Gasteiger charge is -2.07. The molecule has 0 aliphatic carbocycles. The standard InChI is InChI=1S/C27H24N2O4/c28-18-24(26(30)29-16-4-7-20-5-2-1-3-6-20)17-21-10-14-25(15-11-21)33-19-22-8-12-23(13-9-22)27(31)32/h1-3,5-6,8-15,17H,4,7,16,19H2,(H,29,30)(H,31,32)/b24-17-. The number of hydrogen-bond donors (Lipinski definition) is 2. The van der Waals surface area contributed by atoms with E-state index in [-0.39, 0.29) is 11.1 Å². The Kier molecular flexibility index (Phi) is 8.38. The summed E-state index contributed by atoms with van der Waals surface area (Å²) in [5.41, 5.74) is 3.04. The smallest absolute Gasteiger partial charge is 0.335 e. The molecule has 0 saturated carbocycles. The molecule has 0 spiro atoms. The van der Waals surface area contributed by atoms with E-state index < -0.39 is 11.9 Å². The van der Waals surface area contributed by atoms with Crippen molar-refractivity contribution in [1.29, 1.82) is 5.26 Å². The Balaban J connectivity index is 1.49. The van der Waals surface area contributed by atoms with Crippen LogP contribution in [-0.4, -0.2) is 23.5 Å². The Morgan fingerprint density at radius 2 is 1.64 bits per heavy atom. The molecule has 1 amide bonds. The Morgan fingerprint density at radius 1 is 0.939 bits per heavy atom. The number of aromatic carboxylic acids is 1. The Bertz CT molecular complexity index is 1150. The van der Waals surface area contributed by atoms with Crippen LogP contribution in [0.15, 0.2) is 84.4 Å². The van der Waals surface area contributed by atoms with Gasteiger partial charge in [-0.15, -0.1) is 0 Å². The molecule has 0 aliphatic heterocycles. The van der Waals surface area contributed by atoms with Crippen molar-refractivity contribution in [2.75, 3.05) is 6.54 Å². The van der Waals surface area contributed by atoms with Crippen LogP contribution < -0.4 is 10.1 Å². The first-order valence-electron chi connectivity index (χ1n) is 10.5. The number of ether oxygens (including phenoxy) is 1. The molecule has 33 heavy (non-hydrogen) atoms. The zero-order valence-corrected chi connectivity index (χ0v) is 18.0. The highest BCUT2D eigenvalue weighted by Crippen LogP contribution is 2.16. The molecular weight excluding hydrogens is 416 g/mol. The number of aryl methyl sites for hydroxylation is 1. The van der Waals surface area contributed by atoms with E-state index in [4.69, 9.17) is 9.84 Å². The Morgan fingerprint density at radius 3 is 2.27 bits per heavy atom. The van der Waals surface area contributed by atoms with Crippen LogP contribution in [0.3, 0.4) is 0 Å². The molecule has 6 nitrogen and oxygen atoms in total. The second-order valence-electron chi connectivity index (χ2n) is 7.37. The van der Waals surface area contributed by atoms with Crippen LogP contribution in [0.1, 0.15) is 33.5 Å². The van der Waals surface area contributed by atoms with Gasteiger partial charge in [0.2, 0.25) is 0 Å². The second kappa shape index (κ2) is 11.9. The van der Waals surface area contributed by atoms with Gasteiger partial charge in [0.25, 0.3) is 5.91 Å². The number of nitrogens with zero attached hydrogens (tertiary/aromatic N) is 1. The number of carboxylic acids is 1. The molecule has 0 aliphatic rings. The number of carboxylic acid groups (broad SMARTS) is 1. The van der Waals surface area contributed by atoms with Crippen molar-refractivity contribution in [3.05, 3.63) is 107 Å². The summed E-state index contributed by atoms with van der Waals surface area (Å²) in [6.07, 6.45) is 3.19. The lowest BCUT2D eigenvalue weighted by atomic mass is 10.1. The summed E-state index contributed by atoms with van der Waals surface area (Å²) in [6.45, 7) is 0.789. The van der Waals surface area contributed by atoms with Crippen LogP contribution in [0.2, 0.25) is 0 Å². The number of nitrogens with one attached hydrogen (secondary N) is 1. The van der Waals surface area contributed by atoms with E-state index in [9.17, 15) is 14.9 Å². The highest BCUT2D eigenvalue weighted by atomic mass is 16.5. The van der Waals surface area contributed by atoms with Crippen LogP contribution in [0, 0.1) is 11.3 Å². The van der Waals surface area contributed by atoms with Gasteiger partial charge in [-0.05, 0) is 59.9 Å². The molecule has 0 saturated heterocycles. The maximum Gasteiger partial charge on any atom is 0.335 e. The third-order valence-electron chi connectivity index (χ3n) is 4.93. The van der Waals surface area contributed by atoms with Crippen LogP contribution in [0.5, 0.6) is 5.75 Å². The van der Waals surface area contributed by atoms with Gasteiger partial charge in [-0.3, -0.25) is 4.79 Å². The molecule has 2 N–H and O–H groups in total. The predicted octanol–water partition coefficient (Wildman–Crippen LogP) is 4.62. The summed E-state index contributed by atoms with van der Waals surface area (Å²) in [4.78, 5) is 23.2. The van der Waals surface area contributed by atoms with Gasteiger partial charge in [-0.2, -0.15) is 5.26 Å². The van der Waals surface area contributed by atoms with Gasteiger partial charge in [-0.25, -0.2) is 4.79 Å². The van der Waals surface area contributed by atoms with Crippen molar-refractivity contribution in [2.45, 2.75) is 19.4 Å². The summed E-state index contributed by atoms with van der Waals surface area (Å²) >= 11 is 0. The molecule has 0 atom stereocenters. The van der Waals surface area contributed by atoms with Gasteiger partial charge in [0.05, 0.1) is 5.56 Å². The quantitative estimate of drug-likeness (QED) is 0.272. The minimum atomic E-state index is -0.969. The third-order valence-corrected chi connectivity index (χ3v) is 4.93. The van der Waals surface area contributed by atoms with Crippen LogP contribution in [0.4, 0.5) is 0 Å². The Hall–Kier alpha value is -4.37. The SMILES string of the molecule is N#C/C(=C/c1ccc(OCc2ccc(C(=O)O)cc2)cc1)C(=O)NCCCc1ccccc1. The van der Waals surface area contributed by atoms with Crippen molar-refractivity contribution < 1.29 is 19.4 Å². The van der Waals surface area contributed by atoms with E-state index >= 15 is 0 Å². The number of benzene rings is 3. The van der Waals surface area contributed by atoms with Crippen molar-refractivity contribution in [3.8, 4) is 11.8 Å². The molecule has 166 valence electrons. The minimum Gasteiger partial charge on any atom is -0.489 e. The van der Waals surface area contributed by atoms with Gasteiger partial charge in [0.1, 0.15) is 24.0 Å². The molecule has 3 rings (SSSR count). The van der Waals surface area contributed by atoms with Gasteiger partial charge in [0.15, 0.2) is 0 Å². The summed E-state index contributed by atoms with van der Waals surface area (Å²) in [7, 11) is 0. The zero-order valence-electron chi connectivity index (χ0n) is 18.0. The minimum absolute atomic E-state index is 0.0434. The fraction of sp³-hybridized carbons (Fsp3) is 0.148. The van der Waals surface area contributed by atoms with Gasteiger partial charge >= 0.3 is 5.97 Å². The molecule has 3 aromatic rings. The van der Waals surface area contributed by atoms with Crippen molar-refractivity contribution >= 4 is 18.0 Å². The molecule has 0 unspecified atom stereocenters. The summed E-state index contributed by atoms with van der Waals surface area (Å²) < 4.78 is 5.72. The maximum absolute atomic E-state index is 12.3. The van der Waals surface area contributed by atoms with Crippen molar-refractivity contribution in [1.82, 2.24) is 5.32 Å². The molecular formula is C27H24N2O4. The molecule has 3 aromatic carbocycles. The predicted molar refractivity (Wildman–Crippen MR) is 126 cm³/mol. The fourth-order valence-electron chi connectivity index (χ4n) is 3.12. The molecule has 0 bridgehead atoms. The van der Waals surface area contributed by atoms with Crippen LogP contribution in [0.25, 0.3) is 6.08 Å². The van der Waals surface area contributed by atoms with Crippen molar-refractivity contribution in [3.63, 3.8) is 0 Å². The monoisotopic (exact) mass is 440 g/mol. The molecule has 6 heteroatoms. The van der Waals surface area contributed by atoms with Crippen molar-refractivity contribution in [2.24, 2.45) is 0 Å². The number of nitriles is 1. The van der Waals surface area contributed by atoms with Gasteiger partial charge in [0, 0.05) is 6.54 Å². The Labute approximate surface area is 192 Å². The van der Waals surface area contributed by atoms with Crippen LogP contribution >= 0.6 is 0 Å². The lowest BCUT2D eigenvalue weighted by Crippen LogP contribution is -2.25. The van der Waals surface area contributed by atoms with E-state index in [1.807, 2.05) is 36.4 Å².